The number of hydrogen-bond acceptors (Lipinski definition) is 2. The van der Waals surface area contributed by atoms with E-state index >= 15 is 0 Å². The first-order chi connectivity index (χ1) is 9.93. The number of ether oxygens (including phenoxy) is 2. The van der Waals surface area contributed by atoms with Crippen LogP contribution in [0.3, 0.4) is 0 Å². The van der Waals surface area contributed by atoms with Crippen molar-refractivity contribution in [2.45, 2.75) is 65.0 Å². The van der Waals surface area contributed by atoms with Crippen molar-refractivity contribution in [2.75, 3.05) is 26.4 Å². The molecule has 0 aromatic rings. The van der Waals surface area contributed by atoms with Gasteiger partial charge in [0.1, 0.15) is 0 Å². The van der Waals surface area contributed by atoms with E-state index in [-0.39, 0.29) is 12.3 Å². The van der Waals surface area contributed by atoms with Crippen LogP contribution in [0, 0.1) is 11.3 Å². The first-order valence-corrected chi connectivity index (χ1v) is 8.16. The Bertz CT molecular complexity index is 265. The third-order valence-electron chi connectivity index (χ3n) is 4.56. The Morgan fingerprint density at radius 3 is 1.81 bits per heavy atom. The molecule has 0 heterocycles. The molecule has 0 saturated heterocycles. The summed E-state index contributed by atoms with van der Waals surface area (Å²) in [7, 11) is 0. The molecule has 0 aliphatic heterocycles. The van der Waals surface area contributed by atoms with Crippen LogP contribution in [0.4, 0.5) is 13.2 Å². The minimum absolute atomic E-state index is 0.112. The molecule has 0 aromatic heterocycles. The SMILES string of the molecule is CCOCC(CCC(F)(F)F)(COCC)C1CCCCC1. The van der Waals surface area contributed by atoms with Gasteiger partial charge in [-0.2, -0.15) is 13.2 Å². The first-order valence-electron chi connectivity index (χ1n) is 8.16. The summed E-state index contributed by atoms with van der Waals surface area (Å²) in [5.41, 5.74) is -0.484. The molecule has 0 amide bonds. The lowest BCUT2D eigenvalue weighted by Crippen LogP contribution is -2.42. The smallest absolute Gasteiger partial charge is 0.381 e. The Hall–Kier alpha value is -0.290. The lowest BCUT2D eigenvalue weighted by Gasteiger charge is -2.42. The summed E-state index contributed by atoms with van der Waals surface area (Å²) in [6.45, 7) is 5.60. The van der Waals surface area contributed by atoms with E-state index in [0.717, 1.165) is 25.7 Å². The van der Waals surface area contributed by atoms with Crippen LogP contribution in [0.1, 0.15) is 58.8 Å². The molecule has 0 aromatic carbocycles. The Morgan fingerprint density at radius 1 is 0.857 bits per heavy atom. The summed E-state index contributed by atoms with van der Waals surface area (Å²) < 4.78 is 49.3. The van der Waals surface area contributed by atoms with Crippen LogP contribution in [0.15, 0.2) is 0 Å². The number of hydrogen-bond donors (Lipinski definition) is 0. The van der Waals surface area contributed by atoms with Gasteiger partial charge in [0.25, 0.3) is 0 Å². The third-order valence-corrected chi connectivity index (χ3v) is 4.56. The maximum absolute atomic E-state index is 12.7. The zero-order chi connectivity index (χ0) is 15.8. The summed E-state index contributed by atoms with van der Waals surface area (Å²) in [5, 5.41) is 0. The fraction of sp³-hybridized carbons (Fsp3) is 1.00. The molecule has 1 fully saturated rings. The molecule has 0 spiro atoms. The molecule has 0 radical (unpaired) electrons. The number of alkyl halides is 3. The fourth-order valence-electron chi connectivity index (χ4n) is 3.34. The summed E-state index contributed by atoms with van der Waals surface area (Å²) in [4.78, 5) is 0. The quantitative estimate of drug-likeness (QED) is 0.598. The van der Waals surface area contributed by atoms with Crippen LogP contribution in [0.25, 0.3) is 0 Å². The van der Waals surface area contributed by atoms with E-state index in [1.165, 1.54) is 6.42 Å². The monoisotopic (exact) mass is 310 g/mol. The summed E-state index contributed by atoms with van der Waals surface area (Å²) in [5.74, 6) is 0.284. The highest BCUT2D eigenvalue weighted by Gasteiger charge is 2.42. The maximum Gasteiger partial charge on any atom is 0.389 e. The highest BCUT2D eigenvalue weighted by Crippen LogP contribution is 2.44. The normalized spacial score (nSPS) is 18.1. The second-order valence-electron chi connectivity index (χ2n) is 6.09. The van der Waals surface area contributed by atoms with Crippen molar-refractivity contribution in [1.82, 2.24) is 0 Å². The van der Waals surface area contributed by atoms with Crippen LogP contribution in [-0.4, -0.2) is 32.6 Å². The average molecular weight is 310 g/mol. The van der Waals surface area contributed by atoms with Crippen molar-refractivity contribution < 1.29 is 22.6 Å². The minimum Gasteiger partial charge on any atom is -0.381 e. The van der Waals surface area contributed by atoms with E-state index in [1.54, 1.807) is 0 Å². The van der Waals surface area contributed by atoms with E-state index in [4.69, 9.17) is 9.47 Å². The van der Waals surface area contributed by atoms with Gasteiger partial charge in [0, 0.05) is 25.0 Å². The van der Waals surface area contributed by atoms with Crippen molar-refractivity contribution in [3.63, 3.8) is 0 Å². The van der Waals surface area contributed by atoms with Crippen LogP contribution in [-0.2, 0) is 9.47 Å². The summed E-state index contributed by atoms with van der Waals surface area (Å²) in [6, 6.07) is 0. The largest absolute Gasteiger partial charge is 0.389 e. The van der Waals surface area contributed by atoms with Gasteiger partial charge in [0.15, 0.2) is 0 Å². The van der Waals surface area contributed by atoms with Crippen molar-refractivity contribution >= 4 is 0 Å². The van der Waals surface area contributed by atoms with Crippen LogP contribution >= 0.6 is 0 Å². The molecule has 126 valence electrons. The highest BCUT2D eigenvalue weighted by atomic mass is 19.4. The minimum atomic E-state index is -4.11. The molecule has 1 aliphatic rings. The molecule has 21 heavy (non-hydrogen) atoms. The van der Waals surface area contributed by atoms with Gasteiger partial charge < -0.3 is 9.47 Å². The molecule has 2 nitrogen and oxygen atoms in total. The van der Waals surface area contributed by atoms with Crippen molar-refractivity contribution in [1.29, 1.82) is 0 Å². The second-order valence-corrected chi connectivity index (χ2v) is 6.09. The summed E-state index contributed by atoms with van der Waals surface area (Å²) in [6.07, 6.45) is 0.654. The molecule has 0 unspecified atom stereocenters. The van der Waals surface area contributed by atoms with E-state index in [1.807, 2.05) is 13.8 Å². The third kappa shape index (κ3) is 6.55. The zero-order valence-electron chi connectivity index (χ0n) is 13.3. The molecule has 1 aliphatic carbocycles. The van der Waals surface area contributed by atoms with Gasteiger partial charge in [-0.05, 0) is 39.0 Å². The predicted octanol–water partition coefficient (Wildman–Crippen LogP) is 4.97. The Labute approximate surface area is 126 Å². The molecular formula is C16H29F3O2. The summed E-state index contributed by atoms with van der Waals surface area (Å²) >= 11 is 0. The molecular weight excluding hydrogens is 281 g/mol. The van der Waals surface area contributed by atoms with E-state index in [9.17, 15) is 13.2 Å². The van der Waals surface area contributed by atoms with Gasteiger partial charge in [0.05, 0.1) is 13.2 Å². The van der Waals surface area contributed by atoms with Gasteiger partial charge >= 0.3 is 6.18 Å². The maximum atomic E-state index is 12.7. The van der Waals surface area contributed by atoms with E-state index in [0.29, 0.717) is 26.4 Å². The van der Waals surface area contributed by atoms with Crippen LogP contribution in [0.2, 0.25) is 0 Å². The van der Waals surface area contributed by atoms with E-state index in [2.05, 4.69) is 0 Å². The van der Waals surface area contributed by atoms with Gasteiger partial charge in [-0.25, -0.2) is 0 Å². The van der Waals surface area contributed by atoms with Crippen molar-refractivity contribution in [2.24, 2.45) is 11.3 Å². The standard InChI is InChI=1S/C16H29F3O2/c1-3-20-12-15(13-21-4-2,10-11-16(17,18)19)14-8-6-5-7-9-14/h14H,3-13H2,1-2H3. The molecule has 0 N–H and O–H groups in total. The Kier molecular flexibility index (Phi) is 8.03. The highest BCUT2D eigenvalue weighted by molar-refractivity contribution is 4.89. The number of halogens is 3. The molecule has 0 atom stereocenters. The zero-order valence-corrected chi connectivity index (χ0v) is 13.3. The van der Waals surface area contributed by atoms with Gasteiger partial charge in [0.2, 0.25) is 0 Å². The first kappa shape index (κ1) is 18.8. The van der Waals surface area contributed by atoms with Crippen LogP contribution in [0.5, 0.6) is 0 Å². The van der Waals surface area contributed by atoms with Gasteiger partial charge in [-0.15, -0.1) is 0 Å². The van der Waals surface area contributed by atoms with E-state index < -0.39 is 18.0 Å². The Morgan fingerprint density at radius 2 is 1.38 bits per heavy atom. The lowest BCUT2D eigenvalue weighted by atomic mass is 9.67. The molecule has 1 rings (SSSR count). The average Bonchev–Trinajstić information content (AvgIpc) is 2.47. The Balaban J connectivity index is 2.83. The predicted molar refractivity (Wildman–Crippen MR) is 77.3 cm³/mol. The molecule has 5 heteroatoms. The molecule has 1 saturated carbocycles. The van der Waals surface area contributed by atoms with Gasteiger partial charge in [-0.1, -0.05) is 19.3 Å². The lowest BCUT2D eigenvalue weighted by molar-refractivity contribution is -0.153. The molecule has 0 bridgehead atoms. The van der Waals surface area contributed by atoms with Gasteiger partial charge in [-0.3, -0.25) is 0 Å². The van der Waals surface area contributed by atoms with Crippen molar-refractivity contribution in [3.05, 3.63) is 0 Å². The van der Waals surface area contributed by atoms with Crippen molar-refractivity contribution in [3.8, 4) is 0 Å². The second kappa shape index (κ2) is 8.99. The topological polar surface area (TPSA) is 18.5 Å². The fourth-order valence-corrected chi connectivity index (χ4v) is 3.34. The van der Waals surface area contributed by atoms with Crippen LogP contribution < -0.4 is 0 Å². The number of rotatable bonds is 9.